The van der Waals surface area contributed by atoms with E-state index in [0.29, 0.717) is 21.1 Å². The minimum atomic E-state index is -0.318. The second-order valence-corrected chi connectivity index (χ2v) is 5.59. The van der Waals surface area contributed by atoms with Crippen molar-refractivity contribution in [3.05, 3.63) is 45.0 Å². The van der Waals surface area contributed by atoms with Crippen LogP contribution in [-0.2, 0) is 0 Å². The van der Waals surface area contributed by atoms with Crippen LogP contribution in [0.1, 0.15) is 11.4 Å². The molecule has 0 atom stereocenters. The molecule has 20 heavy (non-hydrogen) atoms. The maximum absolute atomic E-state index is 13.2. The summed E-state index contributed by atoms with van der Waals surface area (Å²) in [6.45, 7) is 3.78. The number of halogens is 3. The van der Waals surface area contributed by atoms with E-state index in [1.807, 2.05) is 18.2 Å². The molecule has 0 amide bonds. The molecular weight excluding hydrogens is 347 g/mol. The molecule has 2 aromatic heterocycles. The summed E-state index contributed by atoms with van der Waals surface area (Å²) in [7, 11) is 0. The van der Waals surface area contributed by atoms with Crippen LogP contribution in [0, 0.1) is 19.7 Å². The molecule has 0 radical (unpaired) electrons. The second-order valence-electron chi connectivity index (χ2n) is 4.38. The van der Waals surface area contributed by atoms with Crippen molar-refractivity contribution < 1.29 is 4.39 Å². The Balaban J connectivity index is 2.38. The molecule has 7 heteroatoms. The maximum atomic E-state index is 13.2. The topological polar surface area (TPSA) is 43.1 Å². The highest BCUT2D eigenvalue weighted by Gasteiger charge is 2.17. The summed E-state index contributed by atoms with van der Waals surface area (Å²) in [6.07, 6.45) is 0. The number of hydrogen-bond donors (Lipinski definition) is 0. The van der Waals surface area contributed by atoms with Gasteiger partial charge < -0.3 is 0 Å². The van der Waals surface area contributed by atoms with Gasteiger partial charge in [-0.2, -0.15) is 0 Å². The summed E-state index contributed by atoms with van der Waals surface area (Å²) in [5.74, 6) is 0.277. The number of fused-ring (bicyclic) bond motifs is 1. The molecule has 102 valence electrons. The molecule has 0 saturated heterocycles. The van der Waals surface area contributed by atoms with Gasteiger partial charge in [-0.15, -0.1) is 10.2 Å². The van der Waals surface area contributed by atoms with Crippen LogP contribution >= 0.6 is 27.5 Å². The molecule has 0 aliphatic carbocycles. The highest BCUT2D eigenvalue weighted by molar-refractivity contribution is 9.10. The maximum Gasteiger partial charge on any atom is 0.199 e. The van der Waals surface area contributed by atoms with Crippen molar-refractivity contribution >= 4 is 33.2 Å². The van der Waals surface area contributed by atoms with Gasteiger partial charge in [-0.25, -0.2) is 9.37 Å². The number of benzene rings is 1. The first-order valence-corrected chi connectivity index (χ1v) is 6.99. The van der Waals surface area contributed by atoms with Crippen LogP contribution in [0.4, 0.5) is 4.39 Å². The molecular formula is C13H9BrClFN4. The smallest absolute Gasteiger partial charge is 0.199 e. The third-order valence-electron chi connectivity index (χ3n) is 3.14. The molecule has 0 aliphatic rings. The van der Waals surface area contributed by atoms with Gasteiger partial charge in [-0.05, 0) is 48.0 Å². The van der Waals surface area contributed by atoms with Gasteiger partial charge in [0.2, 0.25) is 0 Å². The first-order chi connectivity index (χ1) is 9.49. The third kappa shape index (κ3) is 1.99. The minimum Gasteiger partial charge on any atom is -0.275 e. The molecule has 3 rings (SSSR count). The van der Waals surface area contributed by atoms with Gasteiger partial charge in [-0.3, -0.25) is 4.40 Å². The highest BCUT2D eigenvalue weighted by atomic mass is 79.9. The number of nitrogens with zero attached hydrogens (tertiary/aromatic N) is 4. The summed E-state index contributed by atoms with van der Waals surface area (Å²) in [5, 5.41) is 8.52. The predicted octanol–water partition coefficient (Wildman–Crippen LogP) is 3.96. The van der Waals surface area contributed by atoms with Crippen molar-refractivity contribution in [1.29, 1.82) is 0 Å². The molecule has 3 aromatic rings. The predicted molar refractivity (Wildman–Crippen MR) is 78.4 cm³/mol. The molecule has 0 spiro atoms. The molecule has 4 nitrogen and oxygen atoms in total. The zero-order chi connectivity index (χ0) is 14.4. The summed E-state index contributed by atoms with van der Waals surface area (Å²) in [5.41, 5.74) is 2.91. The van der Waals surface area contributed by atoms with E-state index >= 15 is 0 Å². The Hall–Kier alpha value is -1.53. The Bertz CT molecular complexity index is 831. The summed E-state index contributed by atoms with van der Waals surface area (Å²) in [4.78, 5) is 4.22. The van der Waals surface area contributed by atoms with E-state index in [1.54, 1.807) is 6.07 Å². The van der Waals surface area contributed by atoms with Gasteiger partial charge in [0.05, 0.1) is 5.69 Å². The van der Waals surface area contributed by atoms with E-state index < -0.39 is 0 Å². The Kier molecular flexibility index (Phi) is 3.22. The van der Waals surface area contributed by atoms with Crippen LogP contribution in [-0.4, -0.2) is 19.6 Å². The molecule has 0 aliphatic heterocycles. The van der Waals surface area contributed by atoms with E-state index in [1.165, 1.54) is 12.1 Å². The third-order valence-corrected chi connectivity index (χ3v) is 4.05. The molecule has 1 aromatic carbocycles. The van der Waals surface area contributed by atoms with Gasteiger partial charge in [0.25, 0.3) is 0 Å². The Morgan fingerprint density at radius 3 is 2.70 bits per heavy atom. The summed E-state index contributed by atoms with van der Waals surface area (Å²) in [6, 6.07) is 4.42. The monoisotopic (exact) mass is 354 g/mol. The molecule has 0 saturated carbocycles. The number of rotatable bonds is 1. The van der Waals surface area contributed by atoms with Gasteiger partial charge in [0.15, 0.2) is 16.6 Å². The SMILES string of the molecule is Cc1nc(Cl)c2nnc(-c3ccc(F)cc3Br)n2c1C. The van der Waals surface area contributed by atoms with Crippen LogP contribution in [0.2, 0.25) is 5.15 Å². The Labute approximate surface area is 127 Å². The van der Waals surface area contributed by atoms with Crippen molar-refractivity contribution in [2.24, 2.45) is 0 Å². The molecule has 0 bridgehead atoms. The first kappa shape index (κ1) is 13.5. The summed E-state index contributed by atoms with van der Waals surface area (Å²) >= 11 is 9.44. The van der Waals surface area contributed by atoms with E-state index in [0.717, 1.165) is 17.0 Å². The van der Waals surface area contributed by atoms with Crippen LogP contribution in [0.25, 0.3) is 17.0 Å². The Morgan fingerprint density at radius 2 is 2.00 bits per heavy atom. The standard InChI is InChI=1S/C13H9BrClFN4/c1-6-7(2)20-12(18-19-13(20)11(15)17-6)9-4-3-8(16)5-10(9)14/h3-5H,1-2H3. The molecule has 0 fully saturated rings. The number of hydrogen-bond acceptors (Lipinski definition) is 3. The van der Waals surface area contributed by atoms with Crippen molar-refractivity contribution in [3.8, 4) is 11.4 Å². The van der Waals surface area contributed by atoms with E-state index in [-0.39, 0.29) is 5.82 Å². The lowest BCUT2D eigenvalue weighted by atomic mass is 10.2. The van der Waals surface area contributed by atoms with Crippen molar-refractivity contribution in [2.45, 2.75) is 13.8 Å². The molecule has 0 unspecified atom stereocenters. The van der Waals surface area contributed by atoms with Gasteiger partial charge >= 0.3 is 0 Å². The zero-order valence-corrected chi connectivity index (χ0v) is 13.0. The van der Waals surface area contributed by atoms with E-state index in [2.05, 4.69) is 31.1 Å². The van der Waals surface area contributed by atoms with Gasteiger partial charge in [0, 0.05) is 15.7 Å². The van der Waals surface area contributed by atoms with Crippen molar-refractivity contribution in [3.63, 3.8) is 0 Å². The lowest BCUT2D eigenvalue weighted by Gasteiger charge is -2.08. The first-order valence-electron chi connectivity index (χ1n) is 5.82. The van der Waals surface area contributed by atoms with Crippen LogP contribution in [0.15, 0.2) is 22.7 Å². The van der Waals surface area contributed by atoms with Crippen molar-refractivity contribution in [2.75, 3.05) is 0 Å². The number of aromatic nitrogens is 4. The van der Waals surface area contributed by atoms with E-state index in [4.69, 9.17) is 11.6 Å². The fourth-order valence-electron chi connectivity index (χ4n) is 2.02. The minimum absolute atomic E-state index is 0.296. The average Bonchev–Trinajstić information content (AvgIpc) is 2.81. The van der Waals surface area contributed by atoms with Crippen LogP contribution in [0.5, 0.6) is 0 Å². The normalized spacial score (nSPS) is 11.2. The lowest BCUT2D eigenvalue weighted by molar-refractivity contribution is 0.627. The largest absolute Gasteiger partial charge is 0.275 e. The fourth-order valence-corrected chi connectivity index (χ4v) is 2.80. The van der Waals surface area contributed by atoms with Gasteiger partial charge in [-0.1, -0.05) is 11.6 Å². The zero-order valence-electron chi connectivity index (χ0n) is 10.7. The average molecular weight is 356 g/mol. The fraction of sp³-hybridized carbons (Fsp3) is 0.154. The van der Waals surface area contributed by atoms with Gasteiger partial charge in [0.1, 0.15) is 5.82 Å². The van der Waals surface area contributed by atoms with Crippen LogP contribution in [0.3, 0.4) is 0 Å². The summed E-state index contributed by atoms with van der Waals surface area (Å²) < 4.78 is 15.6. The second kappa shape index (κ2) is 4.79. The molecule has 0 N–H and O–H groups in total. The molecule has 2 heterocycles. The van der Waals surface area contributed by atoms with Crippen LogP contribution < -0.4 is 0 Å². The van der Waals surface area contributed by atoms with E-state index in [9.17, 15) is 4.39 Å². The van der Waals surface area contributed by atoms with Crippen molar-refractivity contribution in [1.82, 2.24) is 19.6 Å². The lowest BCUT2D eigenvalue weighted by Crippen LogP contribution is -2.01. The Morgan fingerprint density at radius 1 is 1.25 bits per heavy atom. The highest BCUT2D eigenvalue weighted by Crippen LogP contribution is 2.30. The number of aryl methyl sites for hydroxylation is 2. The quantitative estimate of drug-likeness (QED) is 0.663.